The van der Waals surface area contributed by atoms with E-state index in [1.54, 1.807) is 0 Å². The Balaban J connectivity index is 2.75. The van der Waals surface area contributed by atoms with Crippen LogP contribution in [0.2, 0.25) is 0 Å². The number of amides is 1. The molecule has 1 aliphatic rings. The van der Waals surface area contributed by atoms with Crippen LogP contribution in [0.1, 0.15) is 0 Å². The molecule has 0 bridgehead atoms. The highest BCUT2D eigenvalue weighted by molar-refractivity contribution is 5.96. The van der Waals surface area contributed by atoms with Gasteiger partial charge in [0.25, 0.3) is 0 Å². The number of hydrazine groups is 1. The van der Waals surface area contributed by atoms with Crippen molar-refractivity contribution in [2.24, 2.45) is 16.6 Å². The molecule has 0 aliphatic carbocycles. The Morgan fingerprint density at radius 1 is 1.70 bits per heavy atom. The van der Waals surface area contributed by atoms with Gasteiger partial charge in [0.15, 0.2) is 5.84 Å². The van der Waals surface area contributed by atoms with Crippen LogP contribution >= 0.6 is 0 Å². The molecule has 10 heavy (non-hydrogen) atoms. The lowest BCUT2D eigenvalue weighted by Gasteiger charge is -2.15. The Labute approximate surface area is 57.1 Å². The van der Waals surface area contributed by atoms with Crippen molar-refractivity contribution in [3.63, 3.8) is 0 Å². The molecule has 0 aromatic carbocycles. The fourth-order valence-corrected chi connectivity index (χ4v) is 0.453. The summed E-state index contributed by atoms with van der Waals surface area (Å²) in [6.07, 6.45) is 2.80. The third-order valence-electron chi connectivity index (χ3n) is 0.940. The largest absolute Gasteiger partial charge is 0.394 e. The lowest BCUT2D eigenvalue weighted by molar-refractivity contribution is 0.374. The third kappa shape index (κ3) is 0.993. The van der Waals surface area contributed by atoms with Crippen molar-refractivity contribution in [1.29, 1.82) is 0 Å². The molecular weight excluding hydrogens is 134 g/mol. The fourth-order valence-electron chi connectivity index (χ4n) is 0.453. The van der Waals surface area contributed by atoms with E-state index in [1.807, 2.05) is 0 Å². The van der Waals surface area contributed by atoms with Gasteiger partial charge in [-0.05, 0) is 0 Å². The SMILES string of the molecule is NC1=CN([C]=O)NN=C1N. The van der Waals surface area contributed by atoms with Gasteiger partial charge in [0, 0.05) is 0 Å². The maximum absolute atomic E-state index is 9.94. The molecule has 1 heterocycles. The van der Waals surface area contributed by atoms with Crippen molar-refractivity contribution < 1.29 is 4.79 Å². The summed E-state index contributed by atoms with van der Waals surface area (Å²) in [5.74, 6) is 0.159. The molecule has 6 nitrogen and oxygen atoms in total. The molecule has 0 fully saturated rings. The minimum Gasteiger partial charge on any atom is -0.394 e. The van der Waals surface area contributed by atoms with E-state index in [0.29, 0.717) is 0 Å². The molecule has 0 saturated carbocycles. The van der Waals surface area contributed by atoms with Gasteiger partial charge in [0.2, 0.25) is 0 Å². The van der Waals surface area contributed by atoms with E-state index in [1.165, 1.54) is 12.6 Å². The van der Waals surface area contributed by atoms with Crippen molar-refractivity contribution in [2.45, 2.75) is 0 Å². The van der Waals surface area contributed by atoms with Crippen LogP contribution in [0.4, 0.5) is 0 Å². The standard InChI is InChI=1S/C4H6N5O/c5-3-1-9(2-10)8-7-4(3)6/h1,8H,5H2,(H2,6,7). The highest BCUT2D eigenvalue weighted by atomic mass is 16.1. The first-order valence-electron chi connectivity index (χ1n) is 2.47. The molecule has 1 rings (SSSR count). The number of hydrogen-bond acceptors (Lipinski definition) is 5. The molecule has 1 amide bonds. The van der Waals surface area contributed by atoms with Crippen LogP contribution in [0.25, 0.3) is 0 Å². The quantitative estimate of drug-likeness (QED) is 0.390. The van der Waals surface area contributed by atoms with Crippen LogP contribution in [0.3, 0.4) is 0 Å². The first-order chi connectivity index (χ1) is 4.74. The normalized spacial score (nSPS) is 17.0. The van der Waals surface area contributed by atoms with E-state index in [4.69, 9.17) is 11.5 Å². The maximum Gasteiger partial charge on any atom is 0.338 e. The van der Waals surface area contributed by atoms with Crippen LogP contribution in [-0.2, 0) is 4.79 Å². The average molecular weight is 140 g/mol. The lowest BCUT2D eigenvalue weighted by atomic mass is 10.4. The summed E-state index contributed by atoms with van der Waals surface area (Å²) in [6.45, 7) is 0. The van der Waals surface area contributed by atoms with E-state index in [-0.39, 0.29) is 11.5 Å². The number of hydrazone groups is 1. The molecule has 0 aromatic heterocycles. The third-order valence-corrected chi connectivity index (χ3v) is 0.940. The molecule has 6 heteroatoms. The predicted octanol–water partition coefficient (Wildman–Crippen LogP) is -2.05. The van der Waals surface area contributed by atoms with Gasteiger partial charge in [0.1, 0.15) is 0 Å². The van der Waals surface area contributed by atoms with E-state index < -0.39 is 0 Å². The highest BCUT2D eigenvalue weighted by Gasteiger charge is 2.07. The first-order valence-corrected chi connectivity index (χ1v) is 2.47. The van der Waals surface area contributed by atoms with Gasteiger partial charge in [-0.2, -0.15) is 0 Å². The summed E-state index contributed by atoms with van der Waals surface area (Å²) in [7, 11) is 0. The minimum absolute atomic E-state index is 0.159. The maximum atomic E-state index is 9.94. The zero-order valence-corrected chi connectivity index (χ0v) is 5.03. The van der Waals surface area contributed by atoms with E-state index in [9.17, 15) is 4.79 Å². The molecule has 1 radical (unpaired) electrons. The van der Waals surface area contributed by atoms with E-state index in [0.717, 1.165) is 5.01 Å². The minimum atomic E-state index is 0.159. The number of carbonyl (C=O) groups excluding carboxylic acids is 1. The monoisotopic (exact) mass is 140 g/mol. The molecule has 53 valence electrons. The van der Waals surface area contributed by atoms with E-state index >= 15 is 0 Å². The summed E-state index contributed by atoms with van der Waals surface area (Å²) >= 11 is 0. The van der Waals surface area contributed by atoms with Crippen molar-refractivity contribution >= 4 is 12.2 Å². The highest BCUT2D eigenvalue weighted by Crippen LogP contribution is 1.92. The molecule has 5 N–H and O–H groups in total. The Hall–Kier alpha value is -1.72. The number of amidine groups is 1. The molecule has 0 saturated heterocycles. The van der Waals surface area contributed by atoms with Crippen LogP contribution in [0, 0.1) is 0 Å². The summed E-state index contributed by atoms with van der Waals surface area (Å²) in [6, 6.07) is 0. The average Bonchev–Trinajstić information content (AvgIpc) is 1.95. The summed E-state index contributed by atoms with van der Waals surface area (Å²) in [5, 5.41) is 4.41. The van der Waals surface area contributed by atoms with Crippen molar-refractivity contribution in [3.8, 4) is 0 Å². The Bertz CT molecular complexity index is 208. The van der Waals surface area contributed by atoms with Gasteiger partial charge in [-0.15, -0.1) is 5.10 Å². The number of hydrogen-bond donors (Lipinski definition) is 3. The summed E-state index contributed by atoms with van der Waals surface area (Å²) in [4.78, 5) is 9.94. The van der Waals surface area contributed by atoms with Gasteiger partial charge in [-0.3, -0.25) is 4.79 Å². The van der Waals surface area contributed by atoms with Crippen molar-refractivity contribution in [2.75, 3.05) is 0 Å². The van der Waals surface area contributed by atoms with Gasteiger partial charge >= 0.3 is 6.41 Å². The summed E-state index contributed by atoms with van der Waals surface area (Å²) in [5.41, 5.74) is 13.0. The second-order valence-electron chi connectivity index (χ2n) is 1.64. The zero-order valence-electron chi connectivity index (χ0n) is 5.03. The molecule has 0 aromatic rings. The fraction of sp³-hybridized carbons (Fsp3) is 0. The predicted molar refractivity (Wildman–Crippen MR) is 34.6 cm³/mol. The number of nitrogens with two attached hydrogens (primary N) is 2. The van der Waals surface area contributed by atoms with Crippen LogP contribution in [-0.4, -0.2) is 17.3 Å². The van der Waals surface area contributed by atoms with Crippen LogP contribution in [0.15, 0.2) is 17.0 Å². The smallest absolute Gasteiger partial charge is 0.338 e. The number of nitrogens with zero attached hydrogens (tertiary/aromatic N) is 2. The van der Waals surface area contributed by atoms with Gasteiger partial charge in [-0.1, -0.05) is 0 Å². The Morgan fingerprint density at radius 3 is 2.90 bits per heavy atom. The van der Waals surface area contributed by atoms with Crippen LogP contribution < -0.4 is 17.0 Å². The lowest BCUT2D eigenvalue weighted by Crippen LogP contribution is -2.38. The molecule has 0 spiro atoms. The molecule has 1 aliphatic heterocycles. The first kappa shape index (κ1) is 6.40. The second-order valence-corrected chi connectivity index (χ2v) is 1.64. The Morgan fingerprint density at radius 2 is 2.40 bits per heavy atom. The summed E-state index contributed by atoms with van der Waals surface area (Å²) < 4.78 is 0. The van der Waals surface area contributed by atoms with E-state index in [2.05, 4.69) is 10.6 Å². The molecular formula is C4H6N5O. The Kier molecular flexibility index (Phi) is 1.44. The molecule has 0 unspecified atom stereocenters. The number of rotatable bonds is 1. The topological polar surface area (TPSA) is 96.7 Å². The zero-order chi connectivity index (χ0) is 7.56. The van der Waals surface area contributed by atoms with Gasteiger partial charge < -0.3 is 11.5 Å². The van der Waals surface area contributed by atoms with Crippen molar-refractivity contribution in [3.05, 3.63) is 11.9 Å². The van der Waals surface area contributed by atoms with Crippen LogP contribution in [0.5, 0.6) is 0 Å². The number of nitrogens with one attached hydrogen (secondary N) is 1. The second kappa shape index (κ2) is 2.26. The van der Waals surface area contributed by atoms with Gasteiger partial charge in [0.05, 0.1) is 11.9 Å². The van der Waals surface area contributed by atoms with Crippen molar-refractivity contribution in [1.82, 2.24) is 10.5 Å². The van der Waals surface area contributed by atoms with Gasteiger partial charge in [-0.25, -0.2) is 10.5 Å². The molecule has 0 atom stereocenters.